The Hall–Kier alpha value is -0.610. The van der Waals surface area contributed by atoms with E-state index in [4.69, 9.17) is 0 Å². The van der Waals surface area contributed by atoms with Crippen LogP contribution in [0.1, 0.15) is 277 Å². The minimum atomic E-state index is -0.652. The molecule has 51 heavy (non-hydrogen) atoms. The first kappa shape index (κ1) is 50.4. The molecule has 0 spiro atoms. The maximum atomic E-state index is 12.4. The van der Waals surface area contributed by atoms with Gasteiger partial charge < -0.3 is 15.5 Å². The van der Waals surface area contributed by atoms with Gasteiger partial charge in [0.25, 0.3) is 0 Å². The van der Waals surface area contributed by atoms with Crippen molar-refractivity contribution in [1.29, 1.82) is 0 Å². The number of hydrogen-bond donors (Lipinski definition) is 3. The summed E-state index contributed by atoms with van der Waals surface area (Å²) in [5.41, 5.74) is 0. The molecule has 0 heterocycles. The molecule has 0 unspecified atom stereocenters. The van der Waals surface area contributed by atoms with Crippen LogP contribution in [-0.2, 0) is 4.79 Å². The molecular weight excluding hydrogens is 627 g/mol. The molecule has 3 N–H and O–H groups in total. The molecular formula is C47H95NO3. The molecule has 0 aliphatic carbocycles. The van der Waals surface area contributed by atoms with E-state index in [2.05, 4.69) is 19.2 Å². The minimum absolute atomic E-state index is 0.0252. The highest BCUT2D eigenvalue weighted by molar-refractivity contribution is 5.76. The lowest BCUT2D eigenvalue weighted by molar-refractivity contribution is -0.123. The predicted molar refractivity (Wildman–Crippen MR) is 226 cm³/mol. The van der Waals surface area contributed by atoms with Gasteiger partial charge >= 0.3 is 0 Å². The molecule has 306 valence electrons. The highest BCUT2D eigenvalue weighted by Crippen LogP contribution is 2.17. The SMILES string of the molecule is CCCCCCCCCCCCCCCCCCCCCCCCCCCCC(=O)N[C@@H](CO)[C@H](O)CCCCCCCCCCCCCCC. The summed E-state index contributed by atoms with van der Waals surface area (Å²) in [7, 11) is 0. The average molecular weight is 722 g/mol. The molecule has 0 aliphatic rings. The van der Waals surface area contributed by atoms with Gasteiger partial charge in [-0.2, -0.15) is 0 Å². The number of rotatable bonds is 44. The number of aliphatic hydroxyl groups is 2. The van der Waals surface area contributed by atoms with Crippen LogP contribution in [0.2, 0.25) is 0 Å². The second-order valence-electron chi connectivity index (χ2n) is 16.5. The first-order valence-electron chi connectivity index (χ1n) is 23.7. The van der Waals surface area contributed by atoms with Crippen LogP contribution in [-0.4, -0.2) is 34.9 Å². The largest absolute Gasteiger partial charge is 0.394 e. The standard InChI is InChI=1S/C47H95NO3/c1-3-5-7-9-11-13-15-17-18-19-20-21-22-23-24-25-26-27-28-29-31-33-35-37-39-41-43-47(51)48-45(44-49)46(50)42-40-38-36-34-32-30-16-14-12-10-8-6-4-2/h45-46,49-50H,3-44H2,1-2H3,(H,48,51)/t45-,46+/m0/s1. The summed E-state index contributed by atoms with van der Waals surface area (Å²) in [6.45, 7) is 4.38. The lowest BCUT2D eigenvalue weighted by Crippen LogP contribution is -2.45. The molecule has 0 aromatic heterocycles. The Morgan fingerprint density at radius 3 is 0.882 bits per heavy atom. The van der Waals surface area contributed by atoms with Crippen LogP contribution in [0.15, 0.2) is 0 Å². The fourth-order valence-corrected chi connectivity index (χ4v) is 7.72. The van der Waals surface area contributed by atoms with Crippen molar-refractivity contribution in [2.24, 2.45) is 0 Å². The molecule has 0 aliphatic heterocycles. The molecule has 0 saturated carbocycles. The number of carbonyl (C=O) groups excluding carboxylic acids is 1. The molecule has 0 radical (unpaired) electrons. The highest BCUT2D eigenvalue weighted by atomic mass is 16.3. The van der Waals surface area contributed by atoms with E-state index in [1.165, 1.54) is 225 Å². The Kier molecular flexibility index (Phi) is 43.3. The molecule has 0 aromatic carbocycles. The van der Waals surface area contributed by atoms with Crippen LogP contribution in [0.4, 0.5) is 0 Å². The fraction of sp³-hybridized carbons (Fsp3) is 0.979. The van der Waals surface area contributed by atoms with Gasteiger partial charge in [0.1, 0.15) is 0 Å². The van der Waals surface area contributed by atoms with Crippen molar-refractivity contribution in [3.63, 3.8) is 0 Å². The summed E-state index contributed by atoms with van der Waals surface area (Å²) in [6, 6.07) is -0.529. The van der Waals surface area contributed by atoms with Crippen molar-refractivity contribution >= 4 is 5.91 Å². The van der Waals surface area contributed by atoms with Gasteiger partial charge in [-0.05, 0) is 12.8 Å². The van der Waals surface area contributed by atoms with E-state index >= 15 is 0 Å². The third kappa shape index (κ3) is 40.4. The molecule has 0 bridgehead atoms. The van der Waals surface area contributed by atoms with Crippen molar-refractivity contribution in [3.05, 3.63) is 0 Å². The second kappa shape index (κ2) is 43.8. The van der Waals surface area contributed by atoms with Gasteiger partial charge in [-0.15, -0.1) is 0 Å². The van der Waals surface area contributed by atoms with Crippen molar-refractivity contribution in [2.75, 3.05) is 6.61 Å². The Balaban J connectivity index is 3.40. The highest BCUT2D eigenvalue weighted by Gasteiger charge is 2.20. The quantitative estimate of drug-likeness (QED) is 0.0549. The van der Waals surface area contributed by atoms with Gasteiger partial charge in [-0.3, -0.25) is 4.79 Å². The van der Waals surface area contributed by atoms with Crippen LogP contribution in [0.3, 0.4) is 0 Å². The monoisotopic (exact) mass is 722 g/mol. The van der Waals surface area contributed by atoms with Crippen LogP contribution < -0.4 is 5.32 Å². The first-order valence-corrected chi connectivity index (χ1v) is 23.7. The van der Waals surface area contributed by atoms with Gasteiger partial charge in [0, 0.05) is 6.42 Å². The summed E-state index contributed by atoms with van der Waals surface area (Å²) in [5, 5.41) is 23.2. The third-order valence-corrected chi connectivity index (χ3v) is 11.4. The molecule has 1 amide bonds. The predicted octanol–water partition coefficient (Wildman–Crippen LogP) is 14.9. The first-order chi connectivity index (χ1) is 25.2. The lowest BCUT2D eigenvalue weighted by Gasteiger charge is -2.22. The summed E-state index contributed by atoms with van der Waals surface area (Å²) < 4.78 is 0. The van der Waals surface area contributed by atoms with Crippen molar-refractivity contribution < 1.29 is 15.0 Å². The Morgan fingerprint density at radius 2 is 0.627 bits per heavy atom. The summed E-state index contributed by atoms with van der Waals surface area (Å²) in [5.74, 6) is -0.0252. The lowest BCUT2D eigenvalue weighted by atomic mass is 10.0. The third-order valence-electron chi connectivity index (χ3n) is 11.4. The normalized spacial score (nSPS) is 12.8. The van der Waals surface area contributed by atoms with E-state index in [-0.39, 0.29) is 12.5 Å². The number of carbonyl (C=O) groups is 1. The van der Waals surface area contributed by atoms with E-state index in [0.717, 1.165) is 25.7 Å². The molecule has 0 saturated heterocycles. The summed E-state index contributed by atoms with van der Waals surface area (Å²) >= 11 is 0. The van der Waals surface area contributed by atoms with E-state index in [1.807, 2.05) is 0 Å². The van der Waals surface area contributed by atoms with Gasteiger partial charge in [0.05, 0.1) is 18.8 Å². The van der Waals surface area contributed by atoms with Crippen LogP contribution >= 0.6 is 0 Å². The van der Waals surface area contributed by atoms with E-state index < -0.39 is 12.1 Å². The van der Waals surface area contributed by atoms with E-state index in [9.17, 15) is 15.0 Å². The van der Waals surface area contributed by atoms with Crippen molar-refractivity contribution in [2.45, 2.75) is 289 Å². The van der Waals surface area contributed by atoms with E-state index in [0.29, 0.717) is 12.8 Å². The zero-order chi connectivity index (χ0) is 37.1. The number of aliphatic hydroxyl groups excluding tert-OH is 2. The Morgan fingerprint density at radius 1 is 0.392 bits per heavy atom. The second-order valence-corrected chi connectivity index (χ2v) is 16.5. The van der Waals surface area contributed by atoms with E-state index in [1.54, 1.807) is 0 Å². The van der Waals surface area contributed by atoms with Gasteiger partial charge in [0.2, 0.25) is 5.91 Å². The molecule has 2 atom stereocenters. The minimum Gasteiger partial charge on any atom is -0.394 e. The van der Waals surface area contributed by atoms with Crippen LogP contribution in [0.25, 0.3) is 0 Å². The van der Waals surface area contributed by atoms with Crippen LogP contribution in [0, 0.1) is 0 Å². The van der Waals surface area contributed by atoms with Crippen LogP contribution in [0.5, 0.6) is 0 Å². The smallest absolute Gasteiger partial charge is 0.220 e. The molecule has 0 aromatic rings. The van der Waals surface area contributed by atoms with Gasteiger partial charge in [-0.25, -0.2) is 0 Å². The topological polar surface area (TPSA) is 69.6 Å². The zero-order valence-electron chi connectivity index (χ0n) is 35.2. The van der Waals surface area contributed by atoms with Crippen molar-refractivity contribution in [1.82, 2.24) is 5.32 Å². The summed E-state index contributed by atoms with van der Waals surface area (Å²) in [6.07, 6.45) is 53.4. The molecule has 4 nitrogen and oxygen atoms in total. The maximum Gasteiger partial charge on any atom is 0.220 e. The van der Waals surface area contributed by atoms with Gasteiger partial charge in [-0.1, -0.05) is 258 Å². The van der Waals surface area contributed by atoms with Crippen molar-refractivity contribution in [3.8, 4) is 0 Å². The Bertz CT molecular complexity index is 655. The number of hydrogen-bond acceptors (Lipinski definition) is 3. The molecule has 4 heteroatoms. The Labute approximate surface area is 321 Å². The molecule has 0 fully saturated rings. The fourth-order valence-electron chi connectivity index (χ4n) is 7.72. The average Bonchev–Trinajstić information content (AvgIpc) is 3.13. The number of amides is 1. The molecule has 0 rings (SSSR count). The number of unbranched alkanes of at least 4 members (excludes halogenated alkanes) is 37. The number of nitrogens with one attached hydrogen (secondary N) is 1. The summed E-state index contributed by atoms with van der Waals surface area (Å²) in [4.78, 5) is 12.4. The van der Waals surface area contributed by atoms with Gasteiger partial charge in [0.15, 0.2) is 0 Å². The zero-order valence-corrected chi connectivity index (χ0v) is 35.2. The maximum absolute atomic E-state index is 12.4.